The van der Waals surface area contributed by atoms with Crippen LogP contribution in [0, 0.1) is 0 Å². The predicted molar refractivity (Wildman–Crippen MR) is 106 cm³/mol. The van der Waals surface area contributed by atoms with E-state index >= 15 is 0 Å². The summed E-state index contributed by atoms with van der Waals surface area (Å²) >= 11 is 0. The Kier molecular flexibility index (Phi) is 6.85. The van der Waals surface area contributed by atoms with Gasteiger partial charge in [-0.25, -0.2) is 13.4 Å². The fraction of sp³-hybridized carbons (Fsp3) is 0.412. The number of carbonyl (C=O) groups excluding carboxylic acids is 1. The van der Waals surface area contributed by atoms with Gasteiger partial charge in [0.1, 0.15) is 11.9 Å². The van der Waals surface area contributed by atoms with Crippen molar-refractivity contribution in [1.82, 2.24) is 19.8 Å². The third-order valence-corrected chi connectivity index (χ3v) is 4.91. The molecule has 1 amide bonds. The van der Waals surface area contributed by atoms with Crippen LogP contribution in [0.4, 0.5) is 5.69 Å². The number of nitrogens with zero attached hydrogens (tertiary/aromatic N) is 3. The molecule has 1 aromatic heterocycles. The summed E-state index contributed by atoms with van der Waals surface area (Å²) < 4.78 is 27.1. The van der Waals surface area contributed by atoms with Gasteiger partial charge in [0.25, 0.3) is 0 Å². The van der Waals surface area contributed by atoms with Crippen molar-refractivity contribution in [2.75, 3.05) is 30.6 Å². The normalized spacial score (nSPS) is 17.3. The Morgan fingerprint density at radius 1 is 1.41 bits per heavy atom. The number of halogens is 1. The number of piperazine rings is 1. The number of imidazole rings is 1. The number of aromatic nitrogens is 2. The Morgan fingerprint density at radius 3 is 2.85 bits per heavy atom. The van der Waals surface area contributed by atoms with Crippen molar-refractivity contribution in [2.45, 2.75) is 12.5 Å². The molecular weight excluding hydrogens is 390 g/mol. The monoisotopic (exact) mass is 413 g/mol. The van der Waals surface area contributed by atoms with Crippen LogP contribution in [0.1, 0.15) is 17.4 Å². The Hall–Kier alpha value is -2.10. The SMILES string of the molecule is Cl.Cn1ccnc1C1CNCCN1C(=O)Cc1cccc(NS(C)(=O)=O)c1. The Labute approximate surface area is 165 Å². The molecule has 1 saturated heterocycles. The average molecular weight is 414 g/mol. The average Bonchev–Trinajstić information content (AvgIpc) is 2.99. The molecule has 1 aliphatic heterocycles. The first-order valence-electron chi connectivity index (χ1n) is 8.37. The number of anilines is 1. The van der Waals surface area contributed by atoms with Crippen LogP contribution < -0.4 is 10.0 Å². The number of nitrogens with one attached hydrogen (secondary N) is 2. The lowest BCUT2D eigenvalue weighted by molar-refractivity contribution is -0.134. The summed E-state index contributed by atoms with van der Waals surface area (Å²) in [4.78, 5) is 19.1. The summed E-state index contributed by atoms with van der Waals surface area (Å²) in [5, 5.41) is 3.31. The molecule has 2 heterocycles. The van der Waals surface area contributed by atoms with Crippen LogP contribution in [0.3, 0.4) is 0 Å². The number of benzene rings is 1. The van der Waals surface area contributed by atoms with Crippen molar-refractivity contribution in [3.8, 4) is 0 Å². The molecule has 2 N–H and O–H groups in total. The lowest BCUT2D eigenvalue weighted by Crippen LogP contribution is -2.49. The van der Waals surface area contributed by atoms with Crippen molar-refractivity contribution in [2.24, 2.45) is 7.05 Å². The van der Waals surface area contributed by atoms with Crippen molar-refractivity contribution >= 4 is 34.0 Å². The molecule has 0 saturated carbocycles. The third-order valence-electron chi connectivity index (χ3n) is 4.31. The fourth-order valence-electron chi connectivity index (χ4n) is 3.17. The molecule has 1 fully saturated rings. The van der Waals surface area contributed by atoms with E-state index in [0.29, 0.717) is 18.8 Å². The Bertz CT molecular complexity index is 899. The molecule has 1 aliphatic rings. The molecule has 1 atom stereocenters. The second-order valence-electron chi connectivity index (χ2n) is 6.45. The maximum absolute atomic E-state index is 12.9. The summed E-state index contributed by atoms with van der Waals surface area (Å²) in [6.07, 6.45) is 4.91. The number of hydrogen-bond donors (Lipinski definition) is 2. The highest BCUT2D eigenvalue weighted by Gasteiger charge is 2.30. The second kappa shape index (κ2) is 8.73. The van der Waals surface area contributed by atoms with Gasteiger partial charge in [-0.05, 0) is 17.7 Å². The molecule has 8 nitrogen and oxygen atoms in total. The molecule has 10 heteroatoms. The van der Waals surface area contributed by atoms with Gasteiger partial charge in [0.05, 0.1) is 12.7 Å². The first-order chi connectivity index (χ1) is 12.3. The van der Waals surface area contributed by atoms with Gasteiger partial charge in [-0.2, -0.15) is 0 Å². The minimum Gasteiger partial charge on any atom is -0.336 e. The zero-order valence-electron chi connectivity index (χ0n) is 15.3. The number of rotatable bonds is 5. The first kappa shape index (κ1) is 21.2. The smallest absolute Gasteiger partial charge is 0.229 e. The third kappa shape index (κ3) is 5.44. The molecule has 0 spiro atoms. The van der Waals surface area contributed by atoms with E-state index in [0.717, 1.165) is 24.2 Å². The van der Waals surface area contributed by atoms with Crippen LogP contribution in [0.15, 0.2) is 36.7 Å². The number of hydrogen-bond acceptors (Lipinski definition) is 5. The van der Waals surface area contributed by atoms with Crippen LogP contribution in [-0.2, 0) is 28.3 Å². The van der Waals surface area contributed by atoms with Crippen molar-refractivity contribution in [3.63, 3.8) is 0 Å². The van der Waals surface area contributed by atoms with Gasteiger partial charge >= 0.3 is 0 Å². The minimum absolute atomic E-state index is 0. The highest BCUT2D eigenvalue weighted by molar-refractivity contribution is 7.92. The molecule has 0 bridgehead atoms. The molecule has 1 aromatic carbocycles. The summed E-state index contributed by atoms with van der Waals surface area (Å²) in [5.41, 5.74) is 1.22. The van der Waals surface area contributed by atoms with E-state index < -0.39 is 10.0 Å². The molecule has 0 aliphatic carbocycles. The number of aryl methyl sites for hydroxylation is 1. The number of carbonyl (C=O) groups is 1. The molecular formula is C17H24ClN5O3S. The second-order valence-corrected chi connectivity index (χ2v) is 8.20. The predicted octanol–water partition coefficient (Wildman–Crippen LogP) is 0.929. The first-order valence-corrected chi connectivity index (χ1v) is 10.3. The quantitative estimate of drug-likeness (QED) is 0.760. The highest BCUT2D eigenvalue weighted by Crippen LogP contribution is 2.22. The van der Waals surface area contributed by atoms with E-state index in [4.69, 9.17) is 0 Å². The Balaban J connectivity index is 0.00000261. The van der Waals surface area contributed by atoms with Crippen LogP contribution in [-0.4, -0.2) is 54.7 Å². The molecule has 0 radical (unpaired) electrons. The van der Waals surface area contributed by atoms with E-state index in [2.05, 4.69) is 15.0 Å². The van der Waals surface area contributed by atoms with Gasteiger partial charge in [-0.3, -0.25) is 9.52 Å². The van der Waals surface area contributed by atoms with Gasteiger partial charge in [0.15, 0.2) is 0 Å². The van der Waals surface area contributed by atoms with Gasteiger partial charge in [0, 0.05) is 44.8 Å². The topological polar surface area (TPSA) is 96.3 Å². The maximum atomic E-state index is 12.9. The van der Waals surface area contributed by atoms with Crippen LogP contribution in [0.25, 0.3) is 0 Å². The molecule has 2 aromatic rings. The number of amides is 1. The minimum atomic E-state index is -3.35. The molecule has 27 heavy (non-hydrogen) atoms. The van der Waals surface area contributed by atoms with Gasteiger partial charge < -0.3 is 14.8 Å². The van der Waals surface area contributed by atoms with Crippen molar-refractivity contribution in [3.05, 3.63) is 48.0 Å². The largest absolute Gasteiger partial charge is 0.336 e. The van der Waals surface area contributed by atoms with Gasteiger partial charge in [-0.1, -0.05) is 12.1 Å². The fourth-order valence-corrected chi connectivity index (χ4v) is 3.72. The summed E-state index contributed by atoms with van der Waals surface area (Å²) in [7, 11) is -1.43. The van der Waals surface area contributed by atoms with Crippen molar-refractivity contribution < 1.29 is 13.2 Å². The Morgan fingerprint density at radius 2 is 2.19 bits per heavy atom. The summed E-state index contributed by atoms with van der Waals surface area (Å²) in [6, 6.07) is 6.80. The van der Waals surface area contributed by atoms with Crippen LogP contribution in [0.2, 0.25) is 0 Å². The summed E-state index contributed by atoms with van der Waals surface area (Å²) in [6.45, 7) is 2.01. The molecule has 148 valence electrons. The van der Waals surface area contributed by atoms with Crippen LogP contribution >= 0.6 is 12.4 Å². The van der Waals surface area contributed by atoms with E-state index in [-0.39, 0.29) is 30.8 Å². The molecule has 1 unspecified atom stereocenters. The lowest BCUT2D eigenvalue weighted by Gasteiger charge is -2.36. The zero-order chi connectivity index (χ0) is 18.7. The van der Waals surface area contributed by atoms with E-state index in [1.54, 1.807) is 24.4 Å². The highest BCUT2D eigenvalue weighted by atomic mass is 35.5. The van der Waals surface area contributed by atoms with Crippen LogP contribution in [0.5, 0.6) is 0 Å². The van der Waals surface area contributed by atoms with Gasteiger partial charge in [-0.15, -0.1) is 12.4 Å². The van der Waals surface area contributed by atoms with E-state index in [9.17, 15) is 13.2 Å². The maximum Gasteiger partial charge on any atom is 0.229 e. The zero-order valence-corrected chi connectivity index (χ0v) is 16.9. The van der Waals surface area contributed by atoms with Crippen molar-refractivity contribution in [1.29, 1.82) is 0 Å². The van der Waals surface area contributed by atoms with E-state index in [1.807, 2.05) is 28.8 Å². The lowest BCUT2D eigenvalue weighted by atomic mass is 10.1. The standard InChI is InChI=1S/C17H23N5O3S.ClH/c1-21-8-7-19-17(21)15-12-18-6-9-22(15)16(23)11-13-4-3-5-14(10-13)20-26(2,24)25;/h3-5,7-8,10,15,18,20H,6,9,11-12H2,1-2H3;1H. The summed E-state index contributed by atoms with van der Waals surface area (Å²) in [5.74, 6) is 0.842. The number of sulfonamides is 1. The molecule has 3 rings (SSSR count). The van der Waals surface area contributed by atoms with E-state index in [1.165, 1.54) is 0 Å². The van der Waals surface area contributed by atoms with Gasteiger partial charge in [0.2, 0.25) is 15.9 Å².